The van der Waals surface area contributed by atoms with Gasteiger partial charge >= 0.3 is 14.8 Å². The summed E-state index contributed by atoms with van der Waals surface area (Å²) in [6, 6.07) is 0. The van der Waals surface area contributed by atoms with E-state index in [1.807, 2.05) is 0 Å². The van der Waals surface area contributed by atoms with Gasteiger partial charge in [0.25, 0.3) is 0 Å². The molecule has 0 amide bonds. The highest BCUT2D eigenvalue weighted by Gasteiger charge is 1.85. The summed E-state index contributed by atoms with van der Waals surface area (Å²) in [4.78, 5) is 21.6. The Labute approximate surface area is 34.9 Å². The molecule has 0 aliphatic rings. The number of rotatable bonds is 0. The molecule has 2 N–H and O–H groups in total. The normalized spacial score (nSPS) is 4.67. The Hall–Kier alpha value is -0.783. The molecule has 0 unspecified atom stereocenters. The smallest absolute Gasteiger partial charge is 0.511 e. The number of nitrogens with zero attached hydrogens (tertiary/aromatic N) is 1. The fourth-order valence-electron chi connectivity index (χ4n) is 0. The molecule has 0 heterocycles. The Morgan fingerprint density at radius 1 is 1.33 bits per heavy atom. The molecule has 0 aromatic carbocycles. The standard InChI is InChI=1S/NO.H2O3Si/c1-2;1-4(2)3/h;1-2H/q+1;. The van der Waals surface area contributed by atoms with Crippen molar-refractivity contribution in [3.8, 4) is 0 Å². The van der Waals surface area contributed by atoms with Crippen LogP contribution in [0.15, 0.2) is 0 Å². The summed E-state index contributed by atoms with van der Waals surface area (Å²) in [7, 11) is -3.13. The highest BCUT2D eigenvalue weighted by molar-refractivity contribution is 6.22. The zero-order valence-corrected chi connectivity index (χ0v) is 3.66. The van der Waals surface area contributed by atoms with Gasteiger partial charge in [-0.15, -0.1) is 0 Å². The minimum Gasteiger partial charge on any atom is -0.511 e. The summed E-state index contributed by atoms with van der Waals surface area (Å²) in [6.45, 7) is 0. The minimum atomic E-state index is -3.13. The fourth-order valence-corrected chi connectivity index (χ4v) is 0. The maximum absolute atomic E-state index is 8.74. The van der Waals surface area contributed by atoms with Crippen molar-refractivity contribution in [2.75, 3.05) is 0 Å². The van der Waals surface area contributed by atoms with Gasteiger partial charge in [0.15, 0.2) is 4.91 Å². The van der Waals surface area contributed by atoms with E-state index in [2.05, 4.69) is 0 Å². The Balaban J connectivity index is 0. The van der Waals surface area contributed by atoms with E-state index in [1.165, 1.54) is 0 Å². The summed E-state index contributed by atoms with van der Waals surface area (Å²) in [6.07, 6.45) is 0. The predicted molar refractivity (Wildman–Crippen MR) is 16.4 cm³/mol. The van der Waals surface area contributed by atoms with Gasteiger partial charge in [-0.3, -0.25) is 4.46 Å². The van der Waals surface area contributed by atoms with Gasteiger partial charge in [-0.2, -0.15) is 0 Å². The molecule has 0 fully saturated rings. The fraction of sp³-hybridized carbons (Fsp3) is 0. The van der Waals surface area contributed by atoms with E-state index in [1.54, 1.807) is 0 Å². The van der Waals surface area contributed by atoms with Crippen LogP contribution < -0.4 is 5.59 Å². The van der Waals surface area contributed by atoms with Gasteiger partial charge in [0, 0.05) is 0 Å². The molecule has 6 heteroatoms. The van der Waals surface area contributed by atoms with Crippen molar-refractivity contribution >= 4 is 9.17 Å². The molecule has 0 aromatic heterocycles. The van der Waals surface area contributed by atoms with Crippen LogP contribution in [0, 0.1) is 4.91 Å². The number of hydrogen-bond donors (Lipinski definition) is 2. The van der Waals surface area contributed by atoms with Gasteiger partial charge in [-0.05, 0) is 0 Å². The second-order valence-corrected chi connectivity index (χ2v) is 0.848. The van der Waals surface area contributed by atoms with Crippen molar-refractivity contribution in [2.24, 2.45) is 0 Å². The average molecular weight is 108 g/mol. The molecule has 0 saturated heterocycles. The third-order valence-electron chi connectivity index (χ3n) is 0. The molecule has 0 aliphatic heterocycles. The van der Waals surface area contributed by atoms with Crippen LogP contribution in [0.2, 0.25) is 0 Å². The van der Waals surface area contributed by atoms with E-state index in [-0.39, 0.29) is 0 Å². The number of hydrogen-bond acceptors (Lipinski definition) is 2. The summed E-state index contributed by atoms with van der Waals surface area (Å²) >= 11 is 0. The van der Waals surface area contributed by atoms with Crippen molar-refractivity contribution in [3.05, 3.63) is 4.91 Å². The van der Waals surface area contributed by atoms with Crippen molar-refractivity contribution in [3.63, 3.8) is 0 Å². The highest BCUT2D eigenvalue weighted by Crippen LogP contribution is 1.27. The molecule has 34 valence electrons. The topological polar surface area (TPSA) is 96.9 Å². The Morgan fingerprint density at radius 3 is 1.33 bits per heavy atom. The molecule has 2 radical (unpaired) electrons. The van der Waals surface area contributed by atoms with Gasteiger partial charge in [-0.1, -0.05) is 0 Å². The molecule has 5 nitrogen and oxygen atoms in total. The van der Waals surface area contributed by atoms with Crippen LogP contribution in [-0.4, -0.2) is 18.8 Å². The average Bonchev–Trinajstić information content (AvgIpc) is 1.41. The van der Waals surface area contributed by atoms with Crippen LogP contribution in [0.25, 0.3) is 0 Å². The maximum Gasteiger partial charge on any atom is 0.813 e. The number of nitroso groups, excluding NO2 is 1. The van der Waals surface area contributed by atoms with Crippen LogP contribution in [0.3, 0.4) is 0 Å². The van der Waals surface area contributed by atoms with Gasteiger partial charge in [0.05, 0.1) is 0 Å². The van der Waals surface area contributed by atoms with Gasteiger partial charge in [0.2, 0.25) is 0 Å². The first-order valence-electron chi connectivity index (χ1n) is 0.834. The summed E-state index contributed by atoms with van der Waals surface area (Å²) in [5.74, 6) is 0. The molecule has 0 aromatic rings. The van der Waals surface area contributed by atoms with E-state index in [9.17, 15) is 0 Å². The molecule has 0 atom stereocenters. The second kappa shape index (κ2) is 8.88. The van der Waals surface area contributed by atoms with Crippen molar-refractivity contribution in [2.45, 2.75) is 0 Å². The van der Waals surface area contributed by atoms with Crippen molar-refractivity contribution in [1.82, 2.24) is 5.59 Å². The lowest BCUT2D eigenvalue weighted by Gasteiger charge is -1.55. The molecule has 6 heavy (non-hydrogen) atoms. The summed E-state index contributed by atoms with van der Waals surface area (Å²) in [5.41, 5.74) is 5.75. The third kappa shape index (κ3) is 25.8. The van der Waals surface area contributed by atoms with Gasteiger partial charge in [-0.25, -0.2) is 0 Å². The first-order chi connectivity index (χ1) is 2.73. The van der Waals surface area contributed by atoms with Crippen LogP contribution in [0.1, 0.15) is 0 Å². The SMILES string of the molecule is O=[Si](O)O.[N+]=O. The molecular formula is H2NO4Si+. The predicted octanol–water partition coefficient (Wildman–Crippen LogP) is -2.06. The summed E-state index contributed by atoms with van der Waals surface area (Å²) in [5, 5.41) is 0. The van der Waals surface area contributed by atoms with E-state index in [0.717, 1.165) is 0 Å². The van der Waals surface area contributed by atoms with E-state index < -0.39 is 9.17 Å². The Morgan fingerprint density at radius 2 is 1.33 bits per heavy atom. The molecule has 0 rings (SSSR count). The quantitative estimate of drug-likeness (QED) is 0.348. The van der Waals surface area contributed by atoms with Crippen LogP contribution in [0.4, 0.5) is 0 Å². The molecule has 0 saturated carbocycles. The largest absolute Gasteiger partial charge is 0.813 e. The molecule has 0 spiro atoms. The van der Waals surface area contributed by atoms with Crippen LogP contribution in [-0.2, 0) is 4.46 Å². The lowest BCUT2D eigenvalue weighted by molar-refractivity contribution is 0.330. The van der Waals surface area contributed by atoms with Gasteiger partial charge < -0.3 is 9.59 Å². The van der Waals surface area contributed by atoms with Crippen LogP contribution in [0.5, 0.6) is 0 Å². The van der Waals surface area contributed by atoms with Gasteiger partial charge in [0.1, 0.15) is 0 Å². The third-order valence-corrected chi connectivity index (χ3v) is 0. The van der Waals surface area contributed by atoms with Crippen LogP contribution >= 0.6 is 0 Å². The Kier molecular flexibility index (Phi) is 13.3. The van der Waals surface area contributed by atoms with E-state index in [0.29, 0.717) is 0 Å². The molecule has 0 aliphatic carbocycles. The highest BCUT2D eigenvalue weighted by atomic mass is 28.3. The maximum atomic E-state index is 8.74. The van der Waals surface area contributed by atoms with Crippen molar-refractivity contribution < 1.29 is 14.1 Å². The first kappa shape index (κ1) is 8.96. The molecule has 0 bridgehead atoms. The van der Waals surface area contributed by atoms with E-state index in [4.69, 9.17) is 24.6 Å². The van der Waals surface area contributed by atoms with Crippen molar-refractivity contribution in [1.29, 1.82) is 0 Å². The zero-order chi connectivity index (χ0) is 5.58. The molecular weight excluding hydrogens is 106 g/mol. The Bertz CT molecular complexity index is 38.8. The minimum absolute atomic E-state index is 3.13. The summed E-state index contributed by atoms with van der Waals surface area (Å²) < 4.78 is 8.74. The lowest BCUT2D eigenvalue weighted by Crippen LogP contribution is -1.90. The van der Waals surface area contributed by atoms with E-state index >= 15 is 0 Å². The monoisotopic (exact) mass is 108 g/mol. The second-order valence-electron chi connectivity index (χ2n) is 0.283. The first-order valence-corrected chi connectivity index (χ1v) is 2.14. The zero-order valence-electron chi connectivity index (χ0n) is 2.66. The lowest BCUT2D eigenvalue weighted by atomic mass is 13.8.